The highest BCUT2D eigenvalue weighted by molar-refractivity contribution is 7.92. The number of nitrogens with one attached hydrogen (secondary N) is 1. The number of alkyl halides is 3. The molecular weight excluding hydrogens is 329 g/mol. The highest BCUT2D eigenvalue weighted by atomic mass is 32.2. The summed E-state index contributed by atoms with van der Waals surface area (Å²) in [5.41, 5.74) is -0.763. The van der Waals surface area contributed by atoms with Gasteiger partial charge in [-0.3, -0.25) is 4.72 Å². The average molecular weight is 340 g/mol. The Labute approximate surface area is 131 Å². The van der Waals surface area contributed by atoms with Gasteiger partial charge in [-0.2, -0.15) is 18.4 Å². The fourth-order valence-corrected chi connectivity index (χ4v) is 3.34. The molecule has 0 saturated carbocycles. The summed E-state index contributed by atoms with van der Waals surface area (Å²) in [6, 6.07) is 10.1. The van der Waals surface area contributed by atoms with Crippen LogP contribution in [0.25, 0.3) is 0 Å². The summed E-state index contributed by atoms with van der Waals surface area (Å²) < 4.78 is 65.7. The molecule has 0 aliphatic carbocycles. The fourth-order valence-electron chi connectivity index (χ4n) is 2.04. The molecule has 0 aliphatic rings. The molecule has 0 saturated heterocycles. The van der Waals surface area contributed by atoms with Crippen molar-refractivity contribution >= 4 is 15.7 Å². The van der Waals surface area contributed by atoms with Crippen LogP contribution < -0.4 is 4.72 Å². The smallest absolute Gasteiger partial charge is 0.278 e. The van der Waals surface area contributed by atoms with Crippen LogP contribution in [-0.2, 0) is 16.2 Å². The zero-order chi connectivity index (χ0) is 17.3. The third-order valence-corrected chi connectivity index (χ3v) is 4.53. The minimum atomic E-state index is -4.81. The minimum absolute atomic E-state index is 0.0561. The van der Waals surface area contributed by atoms with Crippen LogP contribution in [0.3, 0.4) is 0 Å². The lowest BCUT2D eigenvalue weighted by atomic mass is 10.1. The summed E-state index contributed by atoms with van der Waals surface area (Å²) in [5.74, 6) is 0. The van der Waals surface area contributed by atoms with Crippen LogP contribution in [-0.4, -0.2) is 8.42 Å². The average Bonchev–Trinajstić information content (AvgIpc) is 2.46. The summed E-state index contributed by atoms with van der Waals surface area (Å²) in [7, 11) is -4.50. The number of hydrogen-bond donors (Lipinski definition) is 1. The minimum Gasteiger partial charge on any atom is -0.278 e. The molecule has 0 aliphatic heterocycles. The number of sulfonamides is 1. The normalized spacial score (nSPS) is 11.8. The first-order valence-electron chi connectivity index (χ1n) is 6.35. The van der Waals surface area contributed by atoms with Gasteiger partial charge in [-0.25, -0.2) is 8.42 Å². The van der Waals surface area contributed by atoms with E-state index in [0.717, 1.165) is 12.1 Å². The number of hydrogen-bond acceptors (Lipinski definition) is 3. The molecule has 2 aromatic rings. The van der Waals surface area contributed by atoms with Gasteiger partial charge in [-0.1, -0.05) is 24.3 Å². The fraction of sp³-hybridized carbons (Fsp3) is 0.133. The third-order valence-electron chi connectivity index (χ3n) is 3.11. The lowest BCUT2D eigenvalue weighted by Gasteiger charge is -2.15. The van der Waals surface area contributed by atoms with Crippen LogP contribution in [0.4, 0.5) is 18.9 Å². The molecule has 0 heterocycles. The van der Waals surface area contributed by atoms with Gasteiger partial charge in [0.2, 0.25) is 0 Å². The highest BCUT2D eigenvalue weighted by Gasteiger charge is 2.37. The Morgan fingerprint density at radius 1 is 1.09 bits per heavy atom. The molecule has 0 fully saturated rings. The molecule has 0 unspecified atom stereocenters. The summed E-state index contributed by atoms with van der Waals surface area (Å²) in [5, 5.41) is 9.09. The second kappa shape index (κ2) is 5.93. The Kier molecular flexibility index (Phi) is 4.34. The van der Waals surface area contributed by atoms with Crippen LogP contribution in [0, 0.1) is 18.3 Å². The van der Waals surface area contributed by atoms with Gasteiger partial charge in [0.15, 0.2) is 0 Å². The summed E-state index contributed by atoms with van der Waals surface area (Å²) in [6.45, 7) is 1.60. The van der Waals surface area contributed by atoms with E-state index in [1.807, 2.05) is 6.07 Å². The van der Waals surface area contributed by atoms with Crippen molar-refractivity contribution in [3.8, 4) is 6.07 Å². The van der Waals surface area contributed by atoms with E-state index < -0.39 is 26.7 Å². The number of anilines is 1. The van der Waals surface area contributed by atoms with E-state index in [9.17, 15) is 21.6 Å². The maximum absolute atomic E-state index is 13.0. The van der Waals surface area contributed by atoms with Gasteiger partial charge >= 0.3 is 6.18 Å². The quantitative estimate of drug-likeness (QED) is 0.926. The van der Waals surface area contributed by atoms with Gasteiger partial charge in [-0.15, -0.1) is 0 Å². The van der Waals surface area contributed by atoms with Crippen molar-refractivity contribution in [3.63, 3.8) is 0 Å². The van der Waals surface area contributed by atoms with Crippen LogP contribution in [0.2, 0.25) is 0 Å². The zero-order valence-corrected chi connectivity index (χ0v) is 12.7. The zero-order valence-electron chi connectivity index (χ0n) is 11.8. The van der Waals surface area contributed by atoms with E-state index in [1.54, 1.807) is 13.0 Å². The van der Waals surface area contributed by atoms with E-state index in [0.29, 0.717) is 11.6 Å². The first-order valence-corrected chi connectivity index (χ1v) is 7.84. The Hall–Kier alpha value is -2.53. The number of nitriles is 1. The molecule has 23 heavy (non-hydrogen) atoms. The van der Waals surface area contributed by atoms with Crippen LogP contribution in [0.1, 0.15) is 16.7 Å². The van der Waals surface area contributed by atoms with E-state index in [1.165, 1.54) is 18.2 Å². The molecule has 0 radical (unpaired) electrons. The van der Waals surface area contributed by atoms with Gasteiger partial charge < -0.3 is 0 Å². The molecule has 0 spiro atoms. The predicted molar refractivity (Wildman–Crippen MR) is 78.1 cm³/mol. The van der Waals surface area contributed by atoms with Crippen molar-refractivity contribution in [3.05, 3.63) is 59.2 Å². The molecule has 2 aromatic carbocycles. The van der Waals surface area contributed by atoms with Crippen molar-refractivity contribution in [1.82, 2.24) is 0 Å². The van der Waals surface area contributed by atoms with Gasteiger partial charge in [-0.05, 0) is 30.7 Å². The van der Waals surface area contributed by atoms with Crippen molar-refractivity contribution in [2.24, 2.45) is 0 Å². The van der Waals surface area contributed by atoms with E-state index >= 15 is 0 Å². The van der Waals surface area contributed by atoms with Crippen LogP contribution >= 0.6 is 0 Å². The Balaban J connectivity index is 2.55. The van der Waals surface area contributed by atoms with E-state index in [2.05, 4.69) is 4.72 Å². The molecule has 2 rings (SSSR count). The summed E-state index contributed by atoms with van der Waals surface area (Å²) in [6.07, 6.45) is -4.81. The van der Waals surface area contributed by atoms with E-state index in [-0.39, 0.29) is 11.3 Å². The Morgan fingerprint density at radius 3 is 2.35 bits per heavy atom. The predicted octanol–water partition coefficient (Wildman–Crippen LogP) is 3.69. The van der Waals surface area contributed by atoms with Gasteiger partial charge in [0, 0.05) is 0 Å². The van der Waals surface area contributed by atoms with Crippen molar-refractivity contribution in [1.29, 1.82) is 5.26 Å². The monoisotopic (exact) mass is 340 g/mol. The Bertz CT molecular complexity index is 884. The SMILES string of the molecule is Cc1cccc(NS(=O)(=O)c2ccccc2C(F)(F)F)c1C#N. The second-order valence-corrected chi connectivity index (χ2v) is 6.36. The molecule has 120 valence electrons. The number of nitrogens with zero attached hydrogens (tertiary/aromatic N) is 1. The molecule has 8 heteroatoms. The lowest BCUT2D eigenvalue weighted by molar-refractivity contribution is -0.139. The third kappa shape index (κ3) is 3.46. The molecule has 0 atom stereocenters. The number of benzene rings is 2. The van der Waals surface area contributed by atoms with Gasteiger partial charge in [0.25, 0.3) is 10.0 Å². The van der Waals surface area contributed by atoms with E-state index in [4.69, 9.17) is 5.26 Å². The summed E-state index contributed by atoms with van der Waals surface area (Å²) >= 11 is 0. The first-order chi connectivity index (χ1) is 10.7. The van der Waals surface area contributed by atoms with Crippen molar-refractivity contribution in [2.75, 3.05) is 4.72 Å². The van der Waals surface area contributed by atoms with Crippen LogP contribution in [0.5, 0.6) is 0 Å². The van der Waals surface area contributed by atoms with Crippen molar-refractivity contribution in [2.45, 2.75) is 18.0 Å². The second-order valence-electron chi connectivity index (χ2n) is 4.71. The number of aryl methyl sites for hydroxylation is 1. The summed E-state index contributed by atoms with van der Waals surface area (Å²) in [4.78, 5) is -0.891. The lowest BCUT2D eigenvalue weighted by Crippen LogP contribution is -2.19. The van der Waals surface area contributed by atoms with Gasteiger partial charge in [0.05, 0.1) is 21.7 Å². The van der Waals surface area contributed by atoms with Crippen LogP contribution in [0.15, 0.2) is 47.4 Å². The standard InChI is InChI=1S/C15H11F3N2O2S/c1-10-5-4-7-13(11(10)9-19)20-23(21,22)14-8-3-2-6-12(14)15(16,17)18/h2-8,20H,1H3. The topological polar surface area (TPSA) is 70.0 Å². The molecular formula is C15H11F3N2O2S. The largest absolute Gasteiger partial charge is 0.417 e. The maximum atomic E-state index is 13.0. The molecule has 0 amide bonds. The van der Waals surface area contributed by atoms with Gasteiger partial charge in [0.1, 0.15) is 6.07 Å². The Morgan fingerprint density at radius 2 is 1.74 bits per heavy atom. The molecule has 1 N–H and O–H groups in total. The number of rotatable bonds is 3. The highest BCUT2D eigenvalue weighted by Crippen LogP contribution is 2.35. The maximum Gasteiger partial charge on any atom is 0.417 e. The van der Waals surface area contributed by atoms with Crippen molar-refractivity contribution < 1.29 is 21.6 Å². The first kappa shape index (κ1) is 16.8. The molecule has 0 aromatic heterocycles. The molecule has 0 bridgehead atoms. The molecule has 4 nitrogen and oxygen atoms in total. The number of halogens is 3.